The number of carboxylic acids is 1. The molecule has 0 aliphatic rings. The SMILES string of the molecule is N[C@H](/C=C/CC(=O)O)Cc1ccccc1. The summed E-state index contributed by atoms with van der Waals surface area (Å²) in [6.07, 6.45) is 4.09. The van der Waals surface area contributed by atoms with Gasteiger partial charge in [0, 0.05) is 6.04 Å². The number of benzene rings is 1. The first-order chi connectivity index (χ1) is 7.18. The Bertz CT molecular complexity index is 333. The van der Waals surface area contributed by atoms with Crippen LogP contribution in [0.1, 0.15) is 12.0 Å². The monoisotopic (exact) mass is 205 g/mol. The van der Waals surface area contributed by atoms with Gasteiger partial charge in [-0.1, -0.05) is 42.5 Å². The molecule has 0 aromatic heterocycles. The van der Waals surface area contributed by atoms with Gasteiger partial charge in [0.2, 0.25) is 0 Å². The highest BCUT2D eigenvalue weighted by molar-refractivity contribution is 5.68. The van der Waals surface area contributed by atoms with Gasteiger partial charge in [-0.2, -0.15) is 0 Å². The van der Waals surface area contributed by atoms with E-state index >= 15 is 0 Å². The van der Waals surface area contributed by atoms with Crippen LogP contribution in [0.3, 0.4) is 0 Å². The van der Waals surface area contributed by atoms with Gasteiger partial charge in [-0.3, -0.25) is 4.79 Å². The fourth-order valence-corrected chi connectivity index (χ4v) is 1.30. The van der Waals surface area contributed by atoms with E-state index in [0.717, 1.165) is 12.0 Å². The highest BCUT2D eigenvalue weighted by Crippen LogP contribution is 2.02. The number of carboxylic acid groups (broad SMARTS) is 1. The van der Waals surface area contributed by atoms with Crippen molar-refractivity contribution in [3.63, 3.8) is 0 Å². The second-order valence-corrected chi connectivity index (χ2v) is 3.38. The van der Waals surface area contributed by atoms with Crippen LogP contribution < -0.4 is 5.73 Å². The zero-order valence-corrected chi connectivity index (χ0v) is 8.47. The number of nitrogens with two attached hydrogens (primary N) is 1. The van der Waals surface area contributed by atoms with Crippen molar-refractivity contribution < 1.29 is 9.90 Å². The van der Waals surface area contributed by atoms with Gasteiger partial charge in [0.15, 0.2) is 0 Å². The van der Waals surface area contributed by atoms with Crippen molar-refractivity contribution in [2.24, 2.45) is 5.73 Å². The van der Waals surface area contributed by atoms with Gasteiger partial charge < -0.3 is 10.8 Å². The molecule has 0 aliphatic carbocycles. The quantitative estimate of drug-likeness (QED) is 0.717. The van der Waals surface area contributed by atoms with E-state index in [1.54, 1.807) is 12.2 Å². The molecular formula is C12H15NO2. The highest BCUT2D eigenvalue weighted by atomic mass is 16.4. The Morgan fingerprint density at radius 1 is 1.40 bits per heavy atom. The van der Waals surface area contributed by atoms with E-state index in [1.807, 2.05) is 30.3 Å². The first kappa shape index (κ1) is 11.5. The fourth-order valence-electron chi connectivity index (χ4n) is 1.30. The molecule has 1 rings (SSSR count). The number of hydrogen-bond donors (Lipinski definition) is 2. The topological polar surface area (TPSA) is 63.3 Å². The molecule has 0 saturated heterocycles. The Morgan fingerprint density at radius 2 is 2.07 bits per heavy atom. The van der Waals surface area contributed by atoms with E-state index in [9.17, 15) is 4.79 Å². The average molecular weight is 205 g/mol. The second kappa shape index (κ2) is 5.98. The molecule has 0 heterocycles. The highest BCUT2D eigenvalue weighted by Gasteiger charge is 1.99. The van der Waals surface area contributed by atoms with E-state index in [0.29, 0.717) is 0 Å². The lowest BCUT2D eigenvalue weighted by Crippen LogP contribution is -2.19. The van der Waals surface area contributed by atoms with Crippen molar-refractivity contribution >= 4 is 5.97 Å². The third-order valence-electron chi connectivity index (χ3n) is 1.99. The largest absolute Gasteiger partial charge is 0.481 e. The van der Waals surface area contributed by atoms with Crippen LogP contribution in [0.15, 0.2) is 42.5 Å². The number of aliphatic carboxylic acids is 1. The van der Waals surface area contributed by atoms with Crippen LogP contribution in [0, 0.1) is 0 Å². The summed E-state index contributed by atoms with van der Waals surface area (Å²) in [7, 11) is 0. The molecule has 0 amide bonds. The van der Waals surface area contributed by atoms with Crippen LogP contribution >= 0.6 is 0 Å². The van der Waals surface area contributed by atoms with Gasteiger partial charge in [0.1, 0.15) is 0 Å². The van der Waals surface area contributed by atoms with E-state index in [2.05, 4.69) is 0 Å². The summed E-state index contributed by atoms with van der Waals surface area (Å²) in [5, 5.41) is 8.42. The Kier molecular flexibility index (Phi) is 4.57. The molecule has 3 nitrogen and oxygen atoms in total. The molecule has 80 valence electrons. The molecule has 0 bridgehead atoms. The van der Waals surface area contributed by atoms with Gasteiger partial charge in [-0.15, -0.1) is 0 Å². The summed E-state index contributed by atoms with van der Waals surface area (Å²) in [5.74, 6) is -0.835. The van der Waals surface area contributed by atoms with Crippen molar-refractivity contribution in [1.82, 2.24) is 0 Å². The smallest absolute Gasteiger partial charge is 0.307 e. The number of carbonyl (C=O) groups is 1. The van der Waals surface area contributed by atoms with Crippen LogP contribution in [0.2, 0.25) is 0 Å². The molecule has 15 heavy (non-hydrogen) atoms. The normalized spacial score (nSPS) is 12.9. The van der Waals surface area contributed by atoms with Gasteiger partial charge >= 0.3 is 5.97 Å². The molecule has 0 unspecified atom stereocenters. The summed E-state index contributed by atoms with van der Waals surface area (Å²) in [6.45, 7) is 0. The Labute approximate surface area is 89.2 Å². The minimum Gasteiger partial charge on any atom is -0.481 e. The molecule has 1 atom stereocenters. The molecule has 1 aromatic carbocycles. The van der Waals surface area contributed by atoms with Crippen molar-refractivity contribution in [2.75, 3.05) is 0 Å². The Hall–Kier alpha value is -1.61. The first-order valence-electron chi connectivity index (χ1n) is 4.86. The third-order valence-corrected chi connectivity index (χ3v) is 1.99. The van der Waals surface area contributed by atoms with Crippen molar-refractivity contribution in [2.45, 2.75) is 18.9 Å². The maximum Gasteiger partial charge on any atom is 0.307 e. The third kappa shape index (κ3) is 4.98. The fraction of sp³-hybridized carbons (Fsp3) is 0.250. The zero-order chi connectivity index (χ0) is 11.1. The standard InChI is InChI=1S/C12H15NO2/c13-11(7-4-8-12(14)15)9-10-5-2-1-3-6-10/h1-7,11H,8-9,13H2,(H,14,15)/b7-4+/t11-/m1/s1. The molecule has 0 radical (unpaired) electrons. The summed E-state index contributed by atoms with van der Waals surface area (Å²) in [5.41, 5.74) is 6.97. The predicted molar refractivity (Wildman–Crippen MR) is 59.5 cm³/mol. The van der Waals surface area contributed by atoms with Crippen LogP contribution in [-0.4, -0.2) is 17.1 Å². The van der Waals surface area contributed by atoms with Crippen LogP contribution in [0.25, 0.3) is 0 Å². The first-order valence-corrected chi connectivity index (χ1v) is 4.86. The summed E-state index contributed by atoms with van der Waals surface area (Å²) < 4.78 is 0. The Morgan fingerprint density at radius 3 is 2.67 bits per heavy atom. The lowest BCUT2D eigenvalue weighted by molar-refractivity contribution is -0.136. The lowest BCUT2D eigenvalue weighted by atomic mass is 10.1. The number of rotatable bonds is 5. The maximum absolute atomic E-state index is 10.2. The van der Waals surface area contributed by atoms with Crippen molar-refractivity contribution in [3.8, 4) is 0 Å². The summed E-state index contributed by atoms with van der Waals surface area (Å²) >= 11 is 0. The average Bonchev–Trinajstić information content (AvgIpc) is 2.18. The lowest BCUT2D eigenvalue weighted by Gasteiger charge is -2.05. The van der Waals surface area contributed by atoms with E-state index in [1.165, 1.54) is 0 Å². The summed E-state index contributed by atoms with van der Waals surface area (Å²) in [6, 6.07) is 9.77. The van der Waals surface area contributed by atoms with E-state index < -0.39 is 5.97 Å². The second-order valence-electron chi connectivity index (χ2n) is 3.38. The van der Waals surface area contributed by atoms with Crippen molar-refractivity contribution in [1.29, 1.82) is 0 Å². The molecule has 3 heteroatoms. The van der Waals surface area contributed by atoms with Crippen LogP contribution in [0.5, 0.6) is 0 Å². The molecule has 0 spiro atoms. The number of hydrogen-bond acceptors (Lipinski definition) is 2. The van der Waals surface area contributed by atoms with Crippen molar-refractivity contribution in [3.05, 3.63) is 48.0 Å². The van der Waals surface area contributed by atoms with Gasteiger partial charge in [0.05, 0.1) is 6.42 Å². The van der Waals surface area contributed by atoms with Gasteiger partial charge in [0.25, 0.3) is 0 Å². The molecule has 1 aromatic rings. The molecule has 0 aliphatic heterocycles. The zero-order valence-electron chi connectivity index (χ0n) is 8.47. The molecular weight excluding hydrogens is 190 g/mol. The van der Waals surface area contributed by atoms with Crippen LogP contribution in [0.4, 0.5) is 0 Å². The minimum atomic E-state index is -0.835. The molecule has 3 N–H and O–H groups in total. The van der Waals surface area contributed by atoms with E-state index in [-0.39, 0.29) is 12.5 Å². The molecule has 0 saturated carbocycles. The Balaban J connectivity index is 2.39. The summed E-state index contributed by atoms with van der Waals surface area (Å²) in [4.78, 5) is 10.2. The van der Waals surface area contributed by atoms with E-state index in [4.69, 9.17) is 10.8 Å². The predicted octanol–water partition coefficient (Wildman–Crippen LogP) is 1.59. The van der Waals surface area contributed by atoms with Crippen LogP contribution in [-0.2, 0) is 11.2 Å². The van der Waals surface area contributed by atoms with Gasteiger partial charge in [-0.05, 0) is 12.0 Å². The minimum absolute atomic E-state index is 0.0302. The maximum atomic E-state index is 10.2. The van der Waals surface area contributed by atoms with Gasteiger partial charge in [-0.25, -0.2) is 0 Å². The molecule has 0 fully saturated rings.